The van der Waals surface area contributed by atoms with Crippen molar-refractivity contribution in [1.29, 1.82) is 0 Å². The van der Waals surface area contributed by atoms with E-state index >= 15 is 0 Å². The lowest BCUT2D eigenvalue weighted by molar-refractivity contribution is -0.146. The van der Waals surface area contributed by atoms with Crippen LogP contribution >= 0.6 is 0 Å². The fourth-order valence-corrected chi connectivity index (χ4v) is 5.39. The average molecular weight is 489 g/mol. The van der Waals surface area contributed by atoms with Gasteiger partial charge in [-0.05, 0) is 62.4 Å². The summed E-state index contributed by atoms with van der Waals surface area (Å²) < 4.78 is 11.9. The molecule has 2 rings (SSSR count). The highest BCUT2D eigenvalue weighted by atomic mass is 28.4. The highest BCUT2D eigenvalue weighted by Crippen LogP contribution is 2.38. The van der Waals surface area contributed by atoms with Crippen molar-refractivity contribution in [1.82, 2.24) is 0 Å². The largest absolute Gasteiger partial charge is 0.494 e. The number of Topliss-reactive ketones (excluding diaryl/α,β-unsaturated/α-hetero) is 1. The maximum atomic E-state index is 12.4. The van der Waals surface area contributed by atoms with Crippen molar-refractivity contribution in [2.45, 2.75) is 103 Å². The molecular formula is C28H44O5Si. The smallest absolute Gasteiger partial charge is 0.331 e. The lowest BCUT2D eigenvalue weighted by atomic mass is 9.90. The van der Waals surface area contributed by atoms with E-state index in [4.69, 9.17) is 9.16 Å². The lowest BCUT2D eigenvalue weighted by Crippen LogP contribution is -2.46. The van der Waals surface area contributed by atoms with E-state index in [1.807, 2.05) is 30.3 Å². The number of unbranched alkanes of at least 4 members (excludes halogenated alkanes) is 3. The van der Waals surface area contributed by atoms with E-state index < -0.39 is 20.4 Å². The third-order valence-electron chi connectivity index (χ3n) is 7.25. The molecule has 0 spiro atoms. The van der Waals surface area contributed by atoms with Crippen molar-refractivity contribution in [2.75, 3.05) is 6.61 Å². The normalized spacial score (nSPS) is 17.5. The Morgan fingerprint density at radius 3 is 2.44 bits per heavy atom. The summed E-state index contributed by atoms with van der Waals surface area (Å²) in [5, 5.41) is 9.61. The quantitative estimate of drug-likeness (QED) is 0.161. The van der Waals surface area contributed by atoms with Crippen LogP contribution in [0.3, 0.4) is 0 Å². The van der Waals surface area contributed by atoms with Crippen molar-refractivity contribution in [2.24, 2.45) is 5.92 Å². The number of ether oxygens (including phenoxy) is 1. The molecule has 1 aliphatic carbocycles. The van der Waals surface area contributed by atoms with Crippen LogP contribution in [0, 0.1) is 5.92 Å². The minimum Gasteiger partial charge on any atom is -0.494 e. The topological polar surface area (TPSA) is 72.8 Å². The van der Waals surface area contributed by atoms with Gasteiger partial charge in [0.2, 0.25) is 0 Å². The van der Waals surface area contributed by atoms with Crippen molar-refractivity contribution in [3.8, 4) is 5.75 Å². The molecule has 0 saturated carbocycles. The zero-order valence-electron chi connectivity index (χ0n) is 21.8. The number of benzene rings is 1. The molecule has 1 N–H and O–H groups in total. The summed E-state index contributed by atoms with van der Waals surface area (Å²) in [6, 6.07) is 9.85. The molecule has 1 aromatic carbocycles. The number of carbonyl (C=O) groups is 2. The van der Waals surface area contributed by atoms with E-state index in [0.29, 0.717) is 25.2 Å². The first-order chi connectivity index (χ1) is 16.0. The average Bonchev–Trinajstić information content (AvgIpc) is 3.11. The number of carboxylic acid groups (broad SMARTS) is 1. The number of hydrogen-bond donors (Lipinski definition) is 1. The molecule has 0 radical (unpaired) electrons. The van der Waals surface area contributed by atoms with Crippen LogP contribution in [0.15, 0.2) is 42.0 Å². The van der Waals surface area contributed by atoms with Gasteiger partial charge >= 0.3 is 5.97 Å². The Morgan fingerprint density at radius 1 is 1.09 bits per heavy atom. The zero-order chi connectivity index (χ0) is 25.2. The van der Waals surface area contributed by atoms with Gasteiger partial charge in [0, 0.05) is 12.3 Å². The van der Waals surface area contributed by atoms with E-state index in [0.717, 1.165) is 50.7 Å². The second-order valence-corrected chi connectivity index (χ2v) is 15.7. The maximum Gasteiger partial charge on any atom is 0.331 e. The molecule has 0 aromatic heterocycles. The van der Waals surface area contributed by atoms with Crippen LogP contribution in [0.5, 0.6) is 5.75 Å². The molecule has 0 amide bonds. The Bertz CT molecular complexity index is 810. The van der Waals surface area contributed by atoms with Crippen LogP contribution in [0.4, 0.5) is 0 Å². The molecule has 1 aliphatic rings. The third kappa shape index (κ3) is 9.03. The summed E-state index contributed by atoms with van der Waals surface area (Å²) in [4.78, 5) is 24.1. The Labute approximate surface area is 207 Å². The Hall–Kier alpha value is -1.92. The minimum absolute atomic E-state index is 0.0139. The summed E-state index contributed by atoms with van der Waals surface area (Å²) in [5.41, 5.74) is 1.29. The molecule has 2 atom stereocenters. The maximum absolute atomic E-state index is 12.4. The molecule has 0 saturated heterocycles. The van der Waals surface area contributed by atoms with E-state index in [2.05, 4.69) is 39.9 Å². The predicted molar refractivity (Wildman–Crippen MR) is 140 cm³/mol. The first-order valence-corrected chi connectivity index (χ1v) is 15.7. The first kappa shape index (κ1) is 28.3. The first-order valence-electron chi connectivity index (χ1n) is 12.8. The van der Waals surface area contributed by atoms with E-state index in [-0.39, 0.29) is 11.0 Å². The highest BCUT2D eigenvalue weighted by molar-refractivity contribution is 6.74. The van der Waals surface area contributed by atoms with Gasteiger partial charge in [0.05, 0.1) is 6.61 Å². The summed E-state index contributed by atoms with van der Waals surface area (Å²) in [6.07, 6.45) is 8.97. The zero-order valence-corrected chi connectivity index (χ0v) is 22.8. The number of para-hydroxylation sites is 1. The predicted octanol–water partition coefficient (Wildman–Crippen LogP) is 7.18. The van der Waals surface area contributed by atoms with Gasteiger partial charge in [0.15, 0.2) is 8.32 Å². The summed E-state index contributed by atoms with van der Waals surface area (Å²) >= 11 is 0. The van der Waals surface area contributed by atoms with Crippen molar-refractivity contribution < 1.29 is 23.9 Å². The Morgan fingerprint density at radius 2 is 1.79 bits per heavy atom. The molecule has 0 aliphatic heterocycles. The Balaban J connectivity index is 1.67. The summed E-state index contributed by atoms with van der Waals surface area (Å²) in [7, 11) is -2.12. The van der Waals surface area contributed by atoms with Crippen molar-refractivity contribution in [3.63, 3.8) is 0 Å². The lowest BCUT2D eigenvalue weighted by Gasteiger charge is -2.38. The van der Waals surface area contributed by atoms with Crippen LogP contribution in [0.1, 0.15) is 78.6 Å². The number of aliphatic carboxylic acids is 1. The van der Waals surface area contributed by atoms with Gasteiger partial charge in [0.25, 0.3) is 0 Å². The number of ketones is 1. The third-order valence-corrected chi connectivity index (χ3v) is 11.7. The number of rotatable bonds is 15. The molecule has 0 heterocycles. The second-order valence-electron chi connectivity index (χ2n) is 11.0. The van der Waals surface area contributed by atoms with Gasteiger partial charge in [-0.2, -0.15) is 0 Å². The van der Waals surface area contributed by atoms with Crippen LogP contribution in [-0.4, -0.2) is 37.9 Å². The van der Waals surface area contributed by atoms with Crippen molar-refractivity contribution >= 4 is 20.1 Å². The van der Waals surface area contributed by atoms with E-state index in [1.165, 1.54) is 5.57 Å². The highest BCUT2D eigenvalue weighted by Gasteiger charge is 2.40. The van der Waals surface area contributed by atoms with Gasteiger partial charge in [-0.1, -0.05) is 69.9 Å². The fourth-order valence-electron chi connectivity index (χ4n) is 4.10. The molecule has 5 nitrogen and oxygen atoms in total. The number of allylic oxidation sites excluding steroid dienone is 2. The van der Waals surface area contributed by atoms with Crippen molar-refractivity contribution in [3.05, 3.63) is 42.0 Å². The van der Waals surface area contributed by atoms with Gasteiger partial charge in [0.1, 0.15) is 17.6 Å². The minimum atomic E-state index is -2.12. The van der Waals surface area contributed by atoms with E-state index in [1.54, 1.807) is 0 Å². The molecule has 34 heavy (non-hydrogen) atoms. The molecular weight excluding hydrogens is 444 g/mol. The van der Waals surface area contributed by atoms with Gasteiger partial charge < -0.3 is 14.3 Å². The van der Waals surface area contributed by atoms with Crippen LogP contribution in [0.2, 0.25) is 18.1 Å². The second kappa shape index (κ2) is 13.2. The van der Waals surface area contributed by atoms with Crippen LogP contribution in [0.25, 0.3) is 0 Å². The van der Waals surface area contributed by atoms with E-state index in [9.17, 15) is 14.7 Å². The molecule has 0 fully saturated rings. The number of carboxylic acids is 1. The molecule has 0 bridgehead atoms. The standard InChI is InChI=1S/C28H44O5Si/c1-28(2,3)34(4,5)33-26(27(30)31)18-11-7-10-17-24-22(19-20-25(24)29)14-12-13-21-32-23-15-8-6-9-16-23/h6,8-9,15-16,19,24,26H,7,10-14,17-18,20-21H2,1-5H3,(H,30,31)/t24-,26?/m1/s1. The monoisotopic (exact) mass is 488 g/mol. The van der Waals surface area contributed by atoms with Gasteiger partial charge in [-0.3, -0.25) is 4.79 Å². The van der Waals surface area contributed by atoms with Crippen LogP contribution < -0.4 is 4.74 Å². The fraction of sp³-hybridized carbons (Fsp3) is 0.643. The summed E-state index contributed by atoms with van der Waals surface area (Å²) in [5.74, 6) is 0.418. The Kier molecular flexibility index (Phi) is 11.0. The molecule has 1 unspecified atom stereocenters. The van der Waals surface area contributed by atoms with Gasteiger partial charge in [-0.25, -0.2) is 4.79 Å². The number of carbonyl (C=O) groups excluding carboxylic acids is 1. The SMILES string of the molecule is CC(C)(C)[Si](C)(C)OC(CCCCC[C@H]1C(=O)CC=C1CCCCOc1ccccc1)C(=O)O. The molecule has 6 heteroatoms. The number of hydrogen-bond acceptors (Lipinski definition) is 4. The van der Waals surface area contributed by atoms with Gasteiger partial charge in [-0.15, -0.1) is 0 Å². The molecule has 1 aromatic rings. The summed E-state index contributed by atoms with van der Waals surface area (Å²) in [6.45, 7) is 11.2. The molecule has 190 valence electrons. The van der Waals surface area contributed by atoms with Crippen LogP contribution in [-0.2, 0) is 14.0 Å².